The first-order valence-corrected chi connectivity index (χ1v) is 3.54. The maximum Gasteiger partial charge on any atom is -0.0227 e. The van der Waals surface area contributed by atoms with E-state index in [-0.39, 0.29) is 0 Å². The van der Waals surface area contributed by atoms with Gasteiger partial charge in [-0.15, -0.1) is 0 Å². The van der Waals surface area contributed by atoms with Gasteiger partial charge in [0.1, 0.15) is 0 Å². The van der Waals surface area contributed by atoms with E-state index >= 15 is 0 Å². The van der Waals surface area contributed by atoms with Crippen LogP contribution >= 0.6 is 0 Å². The van der Waals surface area contributed by atoms with E-state index in [0.717, 1.165) is 5.92 Å². The van der Waals surface area contributed by atoms with Gasteiger partial charge in [0.25, 0.3) is 0 Å². The van der Waals surface area contributed by atoms with Crippen LogP contribution in [0.3, 0.4) is 0 Å². The van der Waals surface area contributed by atoms with Crippen molar-refractivity contribution in [1.82, 2.24) is 0 Å². The van der Waals surface area contributed by atoms with Gasteiger partial charge in [-0.1, -0.05) is 23.8 Å². The molecule has 1 saturated carbocycles. The zero-order valence-corrected chi connectivity index (χ0v) is 6.28. The lowest BCUT2D eigenvalue weighted by Crippen LogP contribution is -1.76. The Bertz CT molecular complexity index is 147. The normalized spacial score (nSPS) is 20.0. The van der Waals surface area contributed by atoms with Crippen LogP contribution < -0.4 is 0 Å². The van der Waals surface area contributed by atoms with E-state index in [1.165, 1.54) is 24.0 Å². The van der Waals surface area contributed by atoms with Crippen LogP contribution in [-0.2, 0) is 0 Å². The minimum absolute atomic E-state index is 0.890. The van der Waals surface area contributed by atoms with Crippen molar-refractivity contribution in [2.24, 2.45) is 5.92 Å². The maximum absolute atomic E-state index is 3.87. The predicted molar refractivity (Wildman–Crippen MR) is 41.3 cm³/mol. The third kappa shape index (κ3) is 2.05. The van der Waals surface area contributed by atoms with Crippen molar-refractivity contribution in [1.29, 1.82) is 0 Å². The second-order valence-corrected chi connectivity index (χ2v) is 2.97. The lowest BCUT2D eigenvalue weighted by atomic mass is 10.1. The minimum Gasteiger partial charge on any atom is -0.0959 e. The third-order valence-corrected chi connectivity index (χ3v) is 1.78. The van der Waals surface area contributed by atoms with Crippen LogP contribution in [-0.4, -0.2) is 0 Å². The monoisotopic (exact) mass is 122 g/mol. The van der Waals surface area contributed by atoms with Gasteiger partial charge in [-0.05, 0) is 32.6 Å². The van der Waals surface area contributed by atoms with Crippen LogP contribution in [0.15, 0.2) is 23.8 Å². The van der Waals surface area contributed by atoms with Gasteiger partial charge in [-0.25, -0.2) is 0 Å². The molecule has 0 atom stereocenters. The zero-order valence-electron chi connectivity index (χ0n) is 6.28. The van der Waals surface area contributed by atoms with E-state index < -0.39 is 0 Å². The number of hydrogen-bond acceptors (Lipinski definition) is 0. The Morgan fingerprint density at radius 2 is 2.00 bits per heavy atom. The van der Waals surface area contributed by atoms with Gasteiger partial charge >= 0.3 is 0 Å². The second kappa shape index (κ2) is 2.38. The molecule has 0 nitrogen and oxygen atoms in total. The fraction of sp³-hybridized carbons (Fsp3) is 0.556. The summed E-state index contributed by atoms with van der Waals surface area (Å²) < 4.78 is 0. The molecule has 0 N–H and O–H groups in total. The second-order valence-electron chi connectivity index (χ2n) is 2.97. The Kier molecular flexibility index (Phi) is 1.75. The summed E-state index contributed by atoms with van der Waals surface area (Å²) in [5.41, 5.74) is 2.58. The lowest BCUT2D eigenvalue weighted by Gasteiger charge is -1.95. The summed E-state index contributed by atoms with van der Waals surface area (Å²) >= 11 is 0. The Balaban J connectivity index is 2.46. The number of rotatable bonds is 2. The summed E-state index contributed by atoms with van der Waals surface area (Å²) in [5.74, 6) is 0.890. The summed E-state index contributed by atoms with van der Waals surface area (Å²) in [6.07, 6.45) is 5.12. The van der Waals surface area contributed by atoms with Crippen LogP contribution in [0.25, 0.3) is 0 Å². The molecule has 0 aromatic rings. The first-order chi connectivity index (χ1) is 4.20. The standard InChI is InChI=1S/C9H14/c1-7(2)8(3)6-9-4-5-9/h6,9H,1,4-5H2,2-3H3/b8-6+. The van der Waals surface area contributed by atoms with Crippen LogP contribution in [0.5, 0.6) is 0 Å². The van der Waals surface area contributed by atoms with Gasteiger partial charge in [0.2, 0.25) is 0 Å². The number of hydrogen-bond donors (Lipinski definition) is 0. The van der Waals surface area contributed by atoms with E-state index in [1.807, 2.05) is 0 Å². The molecule has 0 saturated heterocycles. The molecule has 50 valence electrons. The highest BCUT2D eigenvalue weighted by Gasteiger charge is 2.17. The smallest absolute Gasteiger partial charge is 0.0227 e. The number of allylic oxidation sites excluding steroid dienone is 3. The van der Waals surface area contributed by atoms with Gasteiger partial charge in [-0.2, -0.15) is 0 Å². The quantitative estimate of drug-likeness (QED) is 0.494. The fourth-order valence-corrected chi connectivity index (χ4v) is 0.759. The molecular formula is C9H14. The summed E-state index contributed by atoms with van der Waals surface area (Å²) in [6, 6.07) is 0. The van der Waals surface area contributed by atoms with Gasteiger partial charge in [0.15, 0.2) is 0 Å². The molecule has 0 radical (unpaired) electrons. The highest BCUT2D eigenvalue weighted by Crippen LogP contribution is 2.32. The topological polar surface area (TPSA) is 0 Å². The molecule has 0 bridgehead atoms. The molecule has 1 rings (SSSR count). The first-order valence-electron chi connectivity index (χ1n) is 3.54. The molecule has 0 aromatic carbocycles. The summed E-state index contributed by atoms with van der Waals surface area (Å²) in [6.45, 7) is 8.07. The van der Waals surface area contributed by atoms with E-state index in [0.29, 0.717) is 0 Å². The SMILES string of the molecule is C=C(C)/C(C)=C/C1CC1. The zero-order chi connectivity index (χ0) is 6.85. The molecule has 1 fully saturated rings. The average molecular weight is 122 g/mol. The Labute approximate surface area is 57.3 Å². The van der Waals surface area contributed by atoms with Gasteiger partial charge in [0, 0.05) is 0 Å². The molecule has 0 spiro atoms. The highest BCUT2D eigenvalue weighted by molar-refractivity contribution is 5.25. The van der Waals surface area contributed by atoms with Crippen molar-refractivity contribution in [3.63, 3.8) is 0 Å². The third-order valence-electron chi connectivity index (χ3n) is 1.78. The predicted octanol–water partition coefficient (Wildman–Crippen LogP) is 2.92. The maximum atomic E-state index is 3.87. The van der Waals surface area contributed by atoms with Gasteiger partial charge in [-0.3, -0.25) is 0 Å². The molecule has 0 heteroatoms. The average Bonchev–Trinajstić information content (AvgIpc) is 2.50. The first kappa shape index (κ1) is 6.60. The van der Waals surface area contributed by atoms with Crippen molar-refractivity contribution in [2.75, 3.05) is 0 Å². The lowest BCUT2D eigenvalue weighted by molar-refractivity contribution is 1.09. The molecule has 0 amide bonds. The van der Waals surface area contributed by atoms with E-state index in [4.69, 9.17) is 0 Å². The van der Waals surface area contributed by atoms with Crippen molar-refractivity contribution < 1.29 is 0 Å². The minimum atomic E-state index is 0.890. The Hall–Kier alpha value is -0.520. The summed E-state index contributed by atoms with van der Waals surface area (Å²) in [4.78, 5) is 0. The van der Waals surface area contributed by atoms with Crippen LogP contribution in [0, 0.1) is 5.92 Å². The van der Waals surface area contributed by atoms with Crippen LogP contribution in [0.2, 0.25) is 0 Å². The molecule has 9 heavy (non-hydrogen) atoms. The van der Waals surface area contributed by atoms with Gasteiger partial charge in [0.05, 0.1) is 0 Å². The molecule has 0 aromatic heterocycles. The molecule has 0 unspecified atom stereocenters. The highest BCUT2D eigenvalue weighted by atomic mass is 14.2. The molecule has 0 heterocycles. The van der Waals surface area contributed by atoms with Crippen molar-refractivity contribution in [3.8, 4) is 0 Å². The molecule has 1 aliphatic carbocycles. The Morgan fingerprint density at radius 3 is 2.33 bits per heavy atom. The van der Waals surface area contributed by atoms with Gasteiger partial charge < -0.3 is 0 Å². The van der Waals surface area contributed by atoms with Crippen LogP contribution in [0.4, 0.5) is 0 Å². The molecular weight excluding hydrogens is 108 g/mol. The van der Waals surface area contributed by atoms with Crippen LogP contribution in [0.1, 0.15) is 26.7 Å². The van der Waals surface area contributed by atoms with E-state index in [9.17, 15) is 0 Å². The van der Waals surface area contributed by atoms with E-state index in [1.54, 1.807) is 0 Å². The molecule has 0 aliphatic heterocycles. The fourth-order valence-electron chi connectivity index (χ4n) is 0.759. The molecule has 1 aliphatic rings. The van der Waals surface area contributed by atoms with Crippen molar-refractivity contribution >= 4 is 0 Å². The largest absolute Gasteiger partial charge is 0.0959 e. The van der Waals surface area contributed by atoms with Crippen molar-refractivity contribution in [3.05, 3.63) is 23.8 Å². The Morgan fingerprint density at radius 1 is 1.44 bits per heavy atom. The summed E-state index contributed by atoms with van der Waals surface area (Å²) in [7, 11) is 0. The summed E-state index contributed by atoms with van der Waals surface area (Å²) in [5, 5.41) is 0. The van der Waals surface area contributed by atoms with Crippen molar-refractivity contribution in [2.45, 2.75) is 26.7 Å². The van der Waals surface area contributed by atoms with E-state index in [2.05, 4.69) is 26.5 Å².